The topological polar surface area (TPSA) is 62.2 Å². The molecule has 0 N–H and O–H groups in total. The third-order valence-corrected chi connectivity index (χ3v) is 5.69. The van der Waals surface area contributed by atoms with Gasteiger partial charge in [0.15, 0.2) is 0 Å². The summed E-state index contributed by atoms with van der Waals surface area (Å²) in [4.78, 5) is 27.8. The highest BCUT2D eigenvalue weighted by molar-refractivity contribution is 5.67. The first-order valence-electron chi connectivity index (χ1n) is 11.9. The number of aldehydes is 1. The average Bonchev–Trinajstić information content (AvgIpc) is 2.84. The number of likely N-dealkylation sites (N-methyl/N-ethyl adjacent to an activating group) is 1. The van der Waals surface area contributed by atoms with Crippen LogP contribution in [0.2, 0.25) is 0 Å². The highest BCUT2D eigenvalue weighted by atomic mass is 19.1. The van der Waals surface area contributed by atoms with Gasteiger partial charge in [-0.25, -0.2) is 14.4 Å². The van der Waals surface area contributed by atoms with Gasteiger partial charge in [0.2, 0.25) is 0 Å². The smallest absolute Gasteiger partial charge is 0.137 e. The van der Waals surface area contributed by atoms with Crippen LogP contribution in [0.1, 0.15) is 51.8 Å². The molecule has 180 valence electrons. The maximum Gasteiger partial charge on any atom is 0.137 e. The van der Waals surface area contributed by atoms with Crippen LogP contribution in [0.25, 0.3) is 11.3 Å². The lowest BCUT2D eigenvalue weighted by Gasteiger charge is -2.31. The van der Waals surface area contributed by atoms with E-state index in [4.69, 9.17) is 9.97 Å². The van der Waals surface area contributed by atoms with E-state index in [1.807, 2.05) is 37.4 Å². The minimum atomic E-state index is -0.256. The van der Waals surface area contributed by atoms with Gasteiger partial charge in [0.25, 0.3) is 0 Å². The van der Waals surface area contributed by atoms with Crippen LogP contribution in [0.5, 0.6) is 0 Å². The van der Waals surface area contributed by atoms with Crippen LogP contribution in [0.15, 0.2) is 54.9 Å². The van der Waals surface area contributed by atoms with Crippen LogP contribution in [0.4, 0.5) is 15.9 Å². The van der Waals surface area contributed by atoms with Gasteiger partial charge in [-0.2, -0.15) is 0 Å². The SMILES string of the molecule is CC(C)N(c1cccc(F)c1)c1cc(-c2cccnc2)nc(C2CCCN(C)C2)n1.CCC=O. The Kier molecular flexibility index (Phi) is 9.22. The van der Waals surface area contributed by atoms with Gasteiger partial charge in [0, 0.05) is 54.6 Å². The third-order valence-electron chi connectivity index (χ3n) is 5.69. The summed E-state index contributed by atoms with van der Waals surface area (Å²) >= 11 is 0. The highest BCUT2D eigenvalue weighted by Gasteiger charge is 2.25. The molecule has 1 aliphatic heterocycles. The van der Waals surface area contributed by atoms with E-state index in [0.717, 1.165) is 60.8 Å². The molecule has 4 rings (SSSR count). The van der Waals surface area contributed by atoms with E-state index in [1.165, 1.54) is 6.07 Å². The molecule has 1 fully saturated rings. The van der Waals surface area contributed by atoms with Crippen molar-refractivity contribution >= 4 is 17.8 Å². The van der Waals surface area contributed by atoms with Gasteiger partial charge in [-0.15, -0.1) is 0 Å². The molecule has 3 heterocycles. The van der Waals surface area contributed by atoms with Crippen LogP contribution in [-0.4, -0.2) is 52.3 Å². The summed E-state index contributed by atoms with van der Waals surface area (Å²) in [5.74, 6) is 1.65. The number of rotatable bonds is 6. The van der Waals surface area contributed by atoms with Crippen molar-refractivity contribution in [3.05, 3.63) is 66.5 Å². The minimum absolute atomic E-state index is 0.102. The molecule has 0 radical (unpaired) electrons. The molecule has 1 atom stereocenters. The Morgan fingerprint density at radius 3 is 2.62 bits per heavy atom. The number of hydrogen-bond donors (Lipinski definition) is 0. The van der Waals surface area contributed by atoms with Crippen molar-refractivity contribution in [3.63, 3.8) is 0 Å². The fourth-order valence-corrected chi connectivity index (χ4v) is 4.12. The first kappa shape index (κ1) is 25.4. The van der Waals surface area contributed by atoms with E-state index in [9.17, 15) is 9.18 Å². The molecule has 0 bridgehead atoms. The Hall–Kier alpha value is -3.19. The van der Waals surface area contributed by atoms with Crippen LogP contribution >= 0.6 is 0 Å². The van der Waals surface area contributed by atoms with Crippen LogP contribution in [0.3, 0.4) is 0 Å². The number of nitrogens with zero attached hydrogens (tertiary/aromatic N) is 5. The van der Waals surface area contributed by atoms with Gasteiger partial charge in [-0.3, -0.25) is 4.98 Å². The van der Waals surface area contributed by atoms with E-state index < -0.39 is 0 Å². The Bertz CT molecular complexity index is 1060. The molecular weight excluding hydrogens is 429 g/mol. The maximum atomic E-state index is 14.0. The van der Waals surface area contributed by atoms with Crippen LogP contribution < -0.4 is 4.90 Å². The zero-order chi connectivity index (χ0) is 24.5. The van der Waals surface area contributed by atoms with E-state index in [1.54, 1.807) is 18.3 Å². The Morgan fingerprint density at radius 2 is 2.00 bits per heavy atom. The normalized spacial score (nSPS) is 16.0. The first-order valence-corrected chi connectivity index (χ1v) is 11.9. The quantitative estimate of drug-likeness (QED) is 0.442. The molecule has 0 aliphatic carbocycles. The van der Waals surface area contributed by atoms with Crippen molar-refractivity contribution in [2.24, 2.45) is 0 Å². The summed E-state index contributed by atoms with van der Waals surface area (Å²) in [5.41, 5.74) is 2.58. The van der Waals surface area contributed by atoms with Crippen LogP contribution in [0, 0.1) is 5.82 Å². The number of anilines is 2. The Morgan fingerprint density at radius 1 is 1.21 bits per heavy atom. The Balaban J connectivity index is 0.000000751. The largest absolute Gasteiger partial charge is 0.324 e. The second kappa shape index (κ2) is 12.3. The molecule has 1 aromatic carbocycles. The number of hydrogen-bond acceptors (Lipinski definition) is 6. The fourth-order valence-electron chi connectivity index (χ4n) is 4.12. The van der Waals surface area contributed by atoms with Gasteiger partial charge in [0.1, 0.15) is 23.7 Å². The number of halogens is 1. The average molecular weight is 464 g/mol. The number of piperidine rings is 1. The number of pyridine rings is 1. The van der Waals surface area contributed by atoms with Gasteiger partial charge in [-0.1, -0.05) is 13.0 Å². The Labute approximate surface area is 201 Å². The number of likely N-dealkylation sites (tertiary alicyclic amines) is 1. The molecule has 1 aliphatic rings. The summed E-state index contributed by atoms with van der Waals surface area (Å²) in [6.07, 6.45) is 7.30. The summed E-state index contributed by atoms with van der Waals surface area (Å²) in [6, 6.07) is 12.7. The number of carbonyl (C=O) groups is 1. The predicted octanol–water partition coefficient (Wildman–Crippen LogP) is 5.63. The molecule has 0 saturated carbocycles. The van der Waals surface area contributed by atoms with E-state index in [-0.39, 0.29) is 17.8 Å². The van der Waals surface area contributed by atoms with Crippen molar-refractivity contribution < 1.29 is 9.18 Å². The number of aromatic nitrogens is 3. The molecular formula is C27H34FN5O. The highest BCUT2D eigenvalue weighted by Crippen LogP contribution is 2.32. The second-order valence-corrected chi connectivity index (χ2v) is 8.83. The summed E-state index contributed by atoms with van der Waals surface area (Å²) in [6.45, 7) is 8.03. The van der Waals surface area contributed by atoms with Crippen molar-refractivity contribution in [2.45, 2.75) is 52.0 Å². The minimum Gasteiger partial charge on any atom is -0.324 e. The van der Waals surface area contributed by atoms with Crippen molar-refractivity contribution in [1.29, 1.82) is 0 Å². The van der Waals surface area contributed by atoms with Crippen molar-refractivity contribution in [2.75, 3.05) is 25.0 Å². The van der Waals surface area contributed by atoms with Gasteiger partial charge in [-0.05, 0) is 70.6 Å². The van der Waals surface area contributed by atoms with Gasteiger partial charge >= 0.3 is 0 Å². The predicted molar refractivity (Wildman–Crippen MR) is 135 cm³/mol. The monoisotopic (exact) mass is 463 g/mol. The lowest BCUT2D eigenvalue weighted by atomic mass is 9.97. The molecule has 34 heavy (non-hydrogen) atoms. The van der Waals surface area contributed by atoms with Gasteiger partial charge < -0.3 is 14.6 Å². The molecule has 1 unspecified atom stereocenters. The number of benzene rings is 1. The molecule has 0 spiro atoms. The lowest BCUT2D eigenvalue weighted by molar-refractivity contribution is -0.107. The molecule has 3 aromatic rings. The molecule has 7 heteroatoms. The van der Waals surface area contributed by atoms with Crippen molar-refractivity contribution in [1.82, 2.24) is 19.9 Å². The summed E-state index contributed by atoms with van der Waals surface area (Å²) in [7, 11) is 2.14. The maximum absolute atomic E-state index is 14.0. The lowest BCUT2D eigenvalue weighted by Crippen LogP contribution is -2.32. The fraction of sp³-hybridized carbons (Fsp3) is 0.407. The summed E-state index contributed by atoms with van der Waals surface area (Å²) in [5, 5.41) is 0. The first-order chi connectivity index (χ1) is 16.4. The van der Waals surface area contributed by atoms with E-state index in [2.05, 4.69) is 35.7 Å². The molecule has 0 amide bonds. The third kappa shape index (κ3) is 6.67. The second-order valence-electron chi connectivity index (χ2n) is 8.83. The van der Waals surface area contributed by atoms with Gasteiger partial charge in [0.05, 0.1) is 5.69 Å². The number of carbonyl (C=O) groups excluding carboxylic acids is 1. The van der Waals surface area contributed by atoms with Crippen molar-refractivity contribution in [3.8, 4) is 11.3 Å². The molecule has 1 saturated heterocycles. The molecule has 2 aromatic heterocycles. The zero-order valence-electron chi connectivity index (χ0n) is 20.5. The van der Waals surface area contributed by atoms with E-state index in [0.29, 0.717) is 6.42 Å². The summed E-state index contributed by atoms with van der Waals surface area (Å²) < 4.78 is 14.0. The zero-order valence-corrected chi connectivity index (χ0v) is 20.5. The van der Waals surface area contributed by atoms with Crippen LogP contribution in [-0.2, 0) is 4.79 Å². The van der Waals surface area contributed by atoms with E-state index >= 15 is 0 Å². The molecule has 6 nitrogen and oxygen atoms in total. The standard InChI is InChI=1S/C24H28FN5.C3H6O/c1-17(2)30(21-10-4-9-20(25)13-21)23-14-22(18-7-5-11-26-15-18)27-24(28-23)19-8-6-12-29(3)16-19;1-2-3-4/h4-5,7,9-11,13-15,17,19H,6,8,12,16H2,1-3H3;3H,2H2,1H3.